The molecule has 6 nitrogen and oxygen atoms in total. The van der Waals surface area contributed by atoms with Crippen LogP contribution in [-0.4, -0.2) is 30.2 Å². The molecule has 1 aliphatic rings. The van der Waals surface area contributed by atoms with Crippen molar-refractivity contribution in [1.82, 2.24) is 9.29 Å². The van der Waals surface area contributed by atoms with Crippen molar-refractivity contribution in [3.8, 4) is 0 Å². The number of thiazole rings is 1. The topological polar surface area (TPSA) is 79.4 Å². The summed E-state index contributed by atoms with van der Waals surface area (Å²) >= 11 is 4.81. The maximum absolute atomic E-state index is 13.1. The van der Waals surface area contributed by atoms with Crippen molar-refractivity contribution in [2.45, 2.75) is 17.9 Å². The van der Waals surface area contributed by atoms with Gasteiger partial charge >= 0.3 is 0 Å². The van der Waals surface area contributed by atoms with Gasteiger partial charge in [-0.1, -0.05) is 51.5 Å². The summed E-state index contributed by atoms with van der Waals surface area (Å²) in [5, 5.41) is 3.29. The third kappa shape index (κ3) is 4.09. The molecule has 0 aliphatic carbocycles. The number of fused-ring (bicyclic) bond motifs is 2. The zero-order chi connectivity index (χ0) is 22.3. The molecule has 0 bridgehead atoms. The maximum atomic E-state index is 13.1. The van der Waals surface area contributed by atoms with Crippen molar-refractivity contribution in [3.05, 3.63) is 87.9 Å². The smallest absolute Gasteiger partial charge is 0.257 e. The normalized spacial score (nSPS) is 14.3. The van der Waals surface area contributed by atoms with E-state index in [2.05, 4.69) is 26.2 Å². The van der Waals surface area contributed by atoms with Gasteiger partial charge < -0.3 is 0 Å². The second-order valence-electron chi connectivity index (χ2n) is 7.47. The fraction of sp³-hybridized carbons (Fsp3) is 0.130. The zero-order valence-corrected chi connectivity index (χ0v) is 20.0. The Labute approximate surface area is 198 Å². The van der Waals surface area contributed by atoms with Gasteiger partial charge in [0.1, 0.15) is 0 Å². The van der Waals surface area contributed by atoms with E-state index in [1.807, 2.05) is 42.5 Å². The van der Waals surface area contributed by atoms with Crippen molar-refractivity contribution >= 4 is 58.5 Å². The number of carbonyl (C=O) groups excluding carboxylic acids is 1. The number of nitrogens with zero attached hydrogens (tertiary/aromatic N) is 2. The molecule has 0 atom stereocenters. The number of sulfonamides is 1. The van der Waals surface area contributed by atoms with Gasteiger partial charge in [0.25, 0.3) is 5.91 Å². The lowest BCUT2D eigenvalue weighted by Crippen LogP contribution is -2.35. The van der Waals surface area contributed by atoms with Gasteiger partial charge in [-0.05, 0) is 60.0 Å². The van der Waals surface area contributed by atoms with Crippen LogP contribution in [0.1, 0.15) is 21.5 Å². The van der Waals surface area contributed by atoms with E-state index in [1.54, 1.807) is 0 Å². The molecule has 3 aromatic carbocycles. The molecule has 4 aromatic rings. The van der Waals surface area contributed by atoms with Gasteiger partial charge in [-0.2, -0.15) is 4.31 Å². The minimum atomic E-state index is -3.64. The lowest BCUT2D eigenvalue weighted by atomic mass is 10.0. The molecular formula is C23H18BrN3O3S2. The second kappa shape index (κ2) is 8.40. The SMILES string of the molecule is O=C(Nc1nc2ccc(Br)cc2s1)c1ccc(S(=O)(=O)N2CCc3ccccc3C2)cc1. The van der Waals surface area contributed by atoms with Crippen molar-refractivity contribution in [3.63, 3.8) is 0 Å². The summed E-state index contributed by atoms with van der Waals surface area (Å²) in [6.45, 7) is 0.795. The summed E-state index contributed by atoms with van der Waals surface area (Å²) in [6, 6.07) is 19.7. The Bertz CT molecular complexity index is 1430. The molecule has 0 fully saturated rings. The number of halogens is 1. The molecule has 1 aromatic heterocycles. The molecule has 0 saturated carbocycles. The van der Waals surface area contributed by atoms with Crippen LogP contribution in [0.15, 0.2) is 76.1 Å². The first-order chi connectivity index (χ1) is 15.4. The first kappa shape index (κ1) is 21.3. The van der Waals surface area contributed by atoms with E-state index in [-0.39, 0.29) is 10.8 Å². The minimum Gasteiger partial charge on any atom is -0.298 e. The predicted octanol–water partition coefficient (Wildman–Crippen LogP) is 5.06. The van der Waals surface area contributed by atoms with Crippen molar-refractivity contribution in [2.75, 3.05) is 11.9 Å². The van der Waals surface area contributed by atoms with E-state index in [4.69, 9.17) is 0 Å². The van der Waals surface area contributed by atoms with Crippen LogP contribution in [0.2, 0.25) is 0 Å². The van der Waals surface area contributed by atoms with E-state index in [1.165, 1.54) is 45.5 Å². The van der Waals surface area contributed by atoms with E-state index >= 15 is 0 Å². The number of benzene rings is 3. The molecule has 2 heterocycles. The van der Waals surface area contributed by atoms with Gasteiger partial charge in [-0.3, -0.25) is 10.1 Å². The van der Waals surface area contributed by atoms with E-state index < -0.39 is 10.0 Å². The minimum absolute atomic E-state index is 0.179. The highest BCUT2D eigenvalue weighted by molar-refractivity contribution is 9.10. The van der Waals surface area contributed by atoms with Crippen LogP contribution >= 0.6 is 27.3 Å². The van der Waals surface area contributed by atoms with Crippen LogP contribution in [0, 0.1) is 0 Å². The molecule has 5 rings (SSSR count). The highest BCUT2D eigenvalue weighted by atomic mass is 79.9. The second-order valence-corrected chi connectivity index (χ2v) is 11.4. The molecule has 1 amide bonds. The van der Waals surface area contributed by atoms with Gasteiger partial charge in [0.2, 0.25) is 10.0 Å². The molecule has 0 spiro atoms. The Balaban J connectivity index is 1.32. The lowest BCUT2D eigenvalue weighted by molar-refractivity contribution is 0.102. The number of anilines is 1. The monoisotopic (exact) mass is 527 g/mol. The molecule has 9 heteroatoms. The average molecular weight is 528 g/mol. The van der Waals surface area contributed by atoms with Crippen LogP contribution in [0.3, 0.4) is 0 Å². The highest BCUT2D eigenvalue weighted by Gasteiger charge is 2.28. The predicted molar refractivity (Wildman–Crippen MR) is 129 cm³/mol. The van der Waals surface area contributed by atoms with Crippen LogP contribution in [0.4, 0.5) is 5.13 Å². The number of rotatable bonds is 4. The molecule has 1 aliphatic heterocycles. The summed E-state index contributed by atoms with van der Waals surface area (Å²) in [5.74, 6) is -0.334. The van der Waals surface area contributed by atoms with Gasteiger partial charge in [0.05, 0.1) is 15.1 Å². The van der Waals surface area contributed by atoms with E-state index in [9.17, 15) is 13.2 Å². The van der Waals surface area contributed by atoms with Crippen molar-refractivity contribution in [2.24, 2.45) is 0 Å². The van der Waals surface area contributed by atoms with Gasteiger partial charge in [-0.25, -0.2) is 13.4 Å². The van der Waals surface area contributed by atoms with E-state index in [0.29, 0.717) is 30.2 Å². The summed E-state index contributed by atoms with van der Waals surface area (Å²) in [5.41, 5.74) is 3.39. The average Bonchev–Trinajstić information content (AvgIpc) is 3.20. The zero-order valence-electron chi connectivity index (χ0n) is 16.8. The summed E-state index contributed by atoms with van der Waals surface area (Å²) in [6.07, 6.45) is 0.689. The van der Waals surface area contributed by atoms with Crippen LogP contribution in [-0.2, 0) is 23.0 Å². The Hall–Kier alpha value is -2.59. The van der Waals surface area contributed by atoms with Crippen molar-refractivity contribution in [1.29, 1.82) is 0 Å². The fourth-order valence-corrected chi connectivity index (χ4v) is 6.56. The van der Waals surface area contributed by atoms with Gasteiger partial charge in [0.15, 0.2) is 5.13 Å². The number of aromatic nitrogens is 1. The third-order valence-corrected chi connectivity index (χ3v) is 8.71. The first-order valence-corrected chi connectivity index (χ1v) is 13.0. The molecular weight excluding hydrogens is 510 g/mol. The Morgan fingerprint density at radius 1 is 1.03 bits per heavy atom. The molecule has 162 valence electrons. The molecule has 0 radical (unpaired) electrons. The summed E-state index contributed by atoms with van der Waals surface area (Å²) in [4.78, 5) is 17.2. The largest absolute Gasteiger partial charge is 0.298 e. The standard InChI is InChI=1S/C23H18BrN3O3S2/c24-18-7-10-20-21(13-18)31-23(25-20)26-22(28)16-5-8-19(9-6-16)32(29,30)27-12-11-15-3-1-2-4-17(15)14-27/h1-10,13H,11-12,14H2,(H,25,26,28). The Morgan fingerprint density at radius 2 is 1.78 bits per heavy atom. The number of hydrogen-bond acceptors (Lipinski definition) is 5. The quantitative estimate of drug-likeness (QED) is 0.402. The first-order valence-electron chi connectivity index (χ1n) is 9.94. The van der Waals surface area contributed by atoms with E-state index in [0.717, 1.165) is 20.3 Å². The van der Waals surface area contributed by atoms with Crippen LogP contribution < -0.4 is 5.32 Å². The summed E-state index contributed by atoms with van der Waals surface area (Å²) in [7, 11) is -3.64. The third-order valence-electron chi connectivity index (χ3n) is 5.42. The van der Waals surface area contributed by atoms with Gasteiger partial charge in [-0.15, -0.1) is 0 Å². The summed E-state index contributed by atoms with van der Waals surface area (Å²) < 4.78 is 29.6. The number of hydrogen-bond donors (Lipinski definition) is 1. The maximum Gasteiger partial charge on any atom is 0.257 e. The Morgan fingerprint density at radius 3 is 2.56 bits per heavy atom. The Kier molecular flexibility index (Phi) is 5.58. The van der Waals surface area contributed by atoms with Crippen LogP contribution in [0.25, 0.3) is 10.2 Å². The number of nitrogens with one attached hydrogen (secondary N) is 1. The lowest BCUT2D eigenvalue weighted by Gasteiger charge is -2.28. The van der Waals surface area contributed by atoms with Gasteiger partial charge in [0, 0.05) is 23.1 Å². The molecule has 0 unspecified atom stereocenters. The number of amides is 1. The fourth-order valence-electron chi connectivity index (χ4n) is 3.72. The number of carbonyl (C=O) groups is 1. The van der Waals surface area contributed by atoms with Crippen LogP contribution in [0.5, 0.6) is 0 Å². The highest BCUT2D eigenvalue weighted by Crippen LogP contribution is 2.29. The molecule has 32 heavy (non-hydrogen) atoms. The van der Waals surface area contributed by atoms with Crippen molar-refractivity contribution < 1.29 is 13.2 Å². The molecule has 1 N–H and O–H groups in total. The molecule has 0 saturated heterocycles.